The molecule has 1 aromatic carbocycles. The van der Waals surface area contributed by atoms with E-state index in [9.17, 15) is 23.6 Å². The van der Waals surface area contributed by atoms with Crippen molar-refractivity contribution in [3.8, 4) is 0 Å². The quantitative estimate of drug-likeness (QED) is 0.610. The molecule has 2 aromatic rings. The number of methoxy groups -OCH3 is 1. The third kappa shape index (κ3) is 3.81. The van der Waals surface area contributed by atoms with Crippen LogP contribution < -0.4 is 11.4 Å². The SMILES string of the molecule is COC(=O)Cn1c(=O)n([C@H]2CCN(C(=O)OC3C4CC5CC3CC(C(N)=O)(C5)C4)C2)c2ccc(F)cc21. The number of amides is 2. The molecule has 37 heavy (non-hydrogen) atoms. The molecule has 2 N–H and O–H groups in total. The number of nitrogens with zero attached hydrogens (tertiary/aromatic N) is 3. The molecular formula is C26H31FN4O6. The number of hydrogen-bond donors (Lipinski definition) is 1. The van der Waals surface area contributed by atoms with Crippen LogP contribution in [0.5, 0.6) is 0 Å². The van der Waals surface area contributed by atoms with Crippen molar-refractivity contribution in [2.24, 2.45) is 28.9 Å². The molecule has 2 unspecified atom stereocenters. The lowest BCUT2D eigenvalue weighted by Gasteiger charge is -2.58. The van der Waals surface area contributed by atoms with E-state index in [1.807, 2.05) is 0 Å². The minimum absolute atomic E-state index is 0.148. The highest BCUT2D eigenvalue weighted by Crippen LogP contribution is 2.60. The monoisotopic (exact) mass is 514 g/mol. The zero-order valence-corrected chi connectivity index (χ0v) is 20.7. The fourth-order valence-corrected chi connectivity index (χ4v) is 7.73. The Balaban J connectivity index is 1.20. The van der Waals surface area contributed by atoms with Crippen LogP contribution in [0.15, 0.2) is 23.0 Å². The molecule has 198 valence electrons. The molecule has 0 spiro atoms. The lowest BCUT2D eigenvalue weighted by atomic mass is 9.48. The van der Waals surface area contributed by atoms with Gasteiger partial charge in [0.25, 0.3) is 0 Å². The summed E-state index contributed by atoms with van der Waals surface area (Å²) in [5.74, 6) is -0.597. The van der Waals surface area contributed by atoms with Crippen LogP contribution in [0, 0.1) is 29.0 Å². The van der Waals surface area contributed by atoms with E-state index >= 15 is 0 Å². The van der Waals surface area contributed by atoms with E-state index in [-0.39, 0.29) is 43.0 Å². The summed E-state index contributed by atoms with van der Waals surface area (Å²) in [5, 5.41) is 0. The Bertz CT molecular complexity index is 1330. The first-order valence-electron chi connectivity index (χ1n) is 12.9. The van der Waals surface area contributed by atoms with Crippen LogP contribution in [0.3, 0.4) is 0 Å². The van der Waals surface area contributed by atoms with Gasteiger partial charge in [0.2, 0.25) is 5.91 Å². The standard InChI is InChI=1S/C26H31FN4O6/c1-36-21(32)13-30-20-8-17(27)2-3-19(20)31(24(30)34)18-4-5-29(12-18)25(35)37-22-15-6-14-7-16(22)11-26(9-14,10-15)23(28)33/h2-3,8,14-16,18,22H,4-7,9-13H2,1H3,(H2,28,33)/t14?,15?,16?,18-,22?,26?/m0/s1. The molecule has 5 fully saturated rings. The second-order valence-corrected chi connectivity index (χ2v) is 11.3. The first-order chi connectivity index (χ1) is 17.7. The molecule has 4 aliphatic carbocycles. The van der Waals surface area contributed by atoms with Gasteiger partial charge in [-0.1, -0.05) is 0 Å². The largest absolute Gasteiger partial charge is 0.468 e. The molecule has 3 atom stereocenters. The number of halogens is 1. The van der Waals surface area contributed by atoms with E-state index in [0.29, 0.717) is 42.8 Å². The predicted octanol–water partition coefficient (Wildman–Crippen LogP) is 2.18. The lowest BCUT2D eigenvalue weighted by molar-refractivity contribution is -0.161. The summed E-state index contributed by atoms with van der Waals surface area (Å²) in [7, 11) is 1.23. The number of imidazole rings is 1. The number of primary amides is 1. The Hall–Kier alpha value is -3.37. The summed E-state index contributed by atoms with van der Waals surface area (Å²) in [5.41, 5.74) is 5.66. The van der Waals surface area contributed by atoms with Crippen LogP contribution in [-0.4, -0.2) is 58.3 Å². The average molecular weight is 515 g/mol. The molecule has 5 aliphatic rings. The molecule has 7 rings (SSSR count). The number of nitrogens with two attached hydrogens (primary N) is 1. The van der Waals surface area contributed by atoms with E-state index in [1.165, 1.54) is 34.4 Å². The summed E-state index contributed by atoms with van der Waals surface area (Å²) < 4.78 is 27.5. The van der Waals surface area contributed by atoms with Gasteiger partial charge in [-0.2, -0.15) is 0 Å². The molecule has 1 aliphatic heterocycles. The zero-order chi connectivity index (χ0) is 26.1. The first-order valence-corrected chi connectivity index (χ1v) is 12.9. The Kier molecular flexibility index (Phi) is 5.57. The van der Waals surface area contributed by atoms with Gasteiger partial charge in [0.15, 0.2) is 0 Å². The van der Waals surface area contributed by atoms with Crippen molar-refractivity contribution in [1.82, 2.24) is 14.0 Å². The molecule has 1 aromatic heterocycles. The Morgan fingerprint density at radius 2 is 1.86 bits per heavy atom. The fraction of sp³-hybridized carbons (Fsp3) is 0.615. The maximum Gasteiger partial charge on any atom is 0.410 e. The summed E-state index contributed by atoms with van der Waals surface area (Å²) >= 11 is 0. The Morgan fingerprint density at radius 3 is 2.54 bits per heavy atom. The second-order valence-electron chi connectivity index (χ2n) is 11.3. The third-order valence-electron chi connectivity index (χ3n) is 9.17. The van der Waals surface area contributed by atoms with Crippen molar-refractivity contribution >= 4 is 29.0 Å². The fourth-order valence-electron chi connectivity index (χ4n) is 7.73. The molecule has 10 nitrogen and oxygen atoms in total. The number of carbonyl (C=O) groups is 3. The van der Waals surface area contributed by atoms with Crippen molar-refractivity contribution in [2.75, 3.05) is 20.2 Å². The molecule has 4 saturated carbocycles. The number of aromatic nitrogens is 2. The first kappa shape index (κ1) is 24.0. The van der Waals surface area contributed by atoms with Crippen molar-refractivity contribution in [3.63, 3.8) is 0 Å². The van der Waals surface area contributed by atoms with Crippen LogP contribution in [0.2, 0.25) is 0 Å². The van der Waals surface area contributed by atoms with Gasteiger partial charge in [-0.15, -0.1) is 0 Å². The predicted molar refractivity (Wildman–Crippen MR) is 129 cm³/mol. The summed E-state index contributed by atoms with van der Waals surface area (Å²) in [4.78, 5) is 52.3. The number of likely N-dealkylation sites (tertiary alicyclic amines) is 1. The number of esters is 1. The van der Waals surface area contributed by atoms with Gasteiger partial charge in [-0.05, 0) is 74.5 Å². The highest BCUT2D eigenvalue weighted by molar-refractivity contribution is 5.81. The van der Waals surface area contributed by atoms with Crippen molar-refractivity contribution in [3.05, 3.63) is 34.5 Å². The maximum absolute atomic E-state index is 14.0. The maximum atomic E-state index is 14.0. The zero-order valence-electron chi connectivity index (χ0n) is 20.7. The Labute approximate surface area is 212 Å². The van der Waals surface area contributed by atoms with Gasteiger partial charge in [0.05, 0.1) is 29.6 Å². The topological polar surface area (TPSA) is 126 Å². The van der Waals surface area contributed by atoms with E-state index < -0.39 is 29.0 Å². The molecular weight excluding hydrogens is 483 g/mol. The summed E-state index contributed by atoms with van der Waals surface area (Å²) in [6.45, 7) is 0.346. The van der Waals surface area contributed by atoms with Gasteiger partial charge < -0.3 is 20.1 Å². The van der Waals surface area contributed by atoms with Crippen LogP contribution >= 0.6 is 0 Å². The van der Waals surface area contributed by atoms with Crippen molar-refractivity contribution in [1.29, 1.82) is 0 Å². The second kappa shape index (κ2) is 8.59. The number of fused-ring (bicyclic) bond motifs is 1. The summed E-state index contributed by atoms with van der Waals surface area (Å²) in [6, 6.07) is 3.67. The van der Waals surface area contributed by atoms with Crippen molar-refractivity contribution < 1.29 is 28.2 Å². The lowest BCUT2D eigenvalue weighted by Crippen LogP contribution is -2.59. The van der Waals surface area contributed by atoms with Crippen LogP contribution in [0.4, 0.5) is 9.18 Å². The number of rotatable bonds is 5. The number of carbonyl (C=O) groups excluding carboxylic acids is 3. The van der Waals surface area contributed by atoms with Crippen LogP contribution in [0.25, 0.3) is 11.0 Å². The average Bonchev–Trinajstić information content (AvgIpc) is 3.44. The highest BCUT2D eigenvalue weighted by atomic mass is 19.1. The van der Waals surface area contributed by atoms with Gasteiger partial charge in [0.1, 0.15) is 18.5 Å². The highest BCUT2D eigenvalue weighted by Gasteiger charge is 2.59. The van der Waals surface area contributed by atoms with E-state index in [2.05, 4.69) is 0 Å². The number of ether oxygens (including phenoxy) is 2. The molecule has 0 radical (unpaired) electrons. The molecule has 2 amide bonds. The number of hydrogen-bond acceptors (Lipinski definition) is 6. The molecule has 4 bridgehead atoms. The molecule has 11 heteroatoms. The third-order valence-corrected chi connectivity index (χ3v) is 9.17. The smallest absolute Gasteiger partial charge is 0.410 e. The van der Waals surface area contributed by atoms with Gasteiger partial charge in [-0.3, -0.25) is 18.7 Å². The van der Waals surface area contributed by atoms with Crippen LogP contribution in [0.1, 0.15) is 44.6 Å². The van der Waals surface area contributed by atoms with E-state index in [1.54, 1.807) is 4.90 Å². The molecule has 1 saturated heterocycles. The van der Waals surface area contributed by atoms with Crippen LogP contribution in [-0.2, 0) is 25.6 Å². The minimum Gasteiger partial charge on any atom is -0.468 e. The van der Waals surface area contributed by atoms with E-state index in [4.69, 9.17) is 15.2 Å². The van der Waals surface area contributed by atoms with Gasteiger partial charge in [-0.25, -0.2) is 14.0 Å². The number of benzene rings is 1. The minimum atomic E-state index is -0.615. The van der Waals surface area contributed by atoms with Gasteiger partial charge >= 0.3 is 17.8 Å². The van der Waals surface area contributed by atoms with E-state index in [0.717, 1.165) is 19.3 Å². The Morgan fingerprint density at radius 1 is 1.14 bits per heavy atom. The van der Waals surface area contributed by atoms with Gasteiger partial charge in [0, 0.05) is 13.1 Å². The normalized spacial score (nSPS) is 32.2. The van der Waals surface area contributed by atoms with Crippen molar-refractivity contribution in [2.45, 2.75) is 57.2 Å². The molecule has 2 heterocycles. The summed E-state index contributed by atoms with van der Waals surface area (Å²) in [6.07, 6.45) is 4.02.